The zero-order valence-electron chi connectivity index (χ0n) is 9.78. The molecule has 0 radical (unpaired) electrons. The van der Waals surface area contributed by atoms with Crippen LogP contribution in [-0.4, -0.2) is 7.11 Å². The highest BCUT2D eigenvalue weighted by molar-refractivity contribution is 5.35. The van der Waals surface area contributed by atoms with Crippen molar-refractivity contribution in [2.75, 3.05) is 7.11 Å². The molecule has 1 aliphatic rings. The van der Waals surface area contributed by atoms with Crippen molar-refractivity contribution in [3.8, 4) is 5.75 Å². The van der Waals surface area contributed by atoms with Crippen LogP contribution in [-0.2, 0) is 0 Å². The highest BCUT2D eigenvalue weighted by Crippen LogP contribution is 2.37. The molecule has 0 aliphatic heterocycles. The van der Waals surface area contributed by atoms with Gasteiger partial charge in [0.15, 0.2) is 0 Å². The number of nitrogens with one attached hydrogen (secondary N) is 1. The number of ether oxygens (including phenoxy) is 1. The maximum Gasteiger partial charge on any atom is 0.123 e. The summed E-state index contributed by atoms with van der Waals surface area (Å²) in [5, 5.41) is 0. The van der Waals surface area contributed by atoms with Gasteiger partial charge in [0.25, 0.3) is 0 Å². The first kappa shape index (κ1) is 11.4. The molecule has 1 aliphatic carbocycles. The molecule has 3 nitrogen and oxygen atoms in total. The SMILES string of the molecule is COc1ccccc1C(CCC1CC1)NN. The molecule has 1 atom stereocenters. The van der Waals surface area contributed by atoms with E-state index in [0.29, 0.717) is 0 Å². The average molecular weight is 220 g/mol. The van der Waals surface area contributed by atoms with E-state index in [1.54, 1.807) is 7.11 Å². The van der Waals surface area contributed by atoms with Crippen molar-refractivity contribution in [3.05, 3.63) is 29.8 Å². The van der Waals surface area contributed by atoms with Gasteiger partial charge in [-0.3, -0.25) is 11.3 Å². The van der Waals surface area contributed by atoms with Crippen LogP contribution in [0.1, 0.15) is 37.3 Å². The Balaban J connectivity index is 2.04. The Bertz CT molecular complexity index is 336. The normalized spacial score (nSPS) is 17.1. The summed E-state index contributed by atoms with van der Waals surface area (Å²) in [6, 6.07) is 8.28. The van der Waals surface area contributed by atoms with Crippen LogP contribution in [0.5, 0.6) is 5.75 Å². The van der Waals surface area contributed by atoms with Crippen LogP contribution in [0.4, 0.5) is 0 Å². The Morgan fingerprint density at radius 1 is 1.44 bits per heavy atom. The molecule has 1 aromatic rings. The Morgan fingerprint density at radius 3 is 2.81 bits per heavy atom. The molecule has 0 heterocycles. The number of methoxy groups -OCH3 is 1. The van der Waals surface area contributed by atoms with Crippen molar-refractivity contribution in [1.29, 1.82) is 0 Å². The molecule has 1 aromatic carbocycles. The third-order valence-electron chi connectivity index (χ3n) is 3.28. The first-order valence-electron chi connectivity index (χ1n) is 5.94. The second-order valence-corrected chi connectivity index (χ2v) is 4.48. The molecule has 0 amide bonds. The van der Waals surface area contributed by atoms with Crippen LogP contribution in [0.25, 0.3) is 0 Å². The summed E-state index contributed by atoms with van der Waals surface area (Å²) in [7, 11) is 1.70. The summed E-state index contributed by atoms with van der Waals surface area (Å²) >= 11 is 0. The lowest BCUT2D eigenvalue weighted by Gasteiger charge is -2.18. The van der Waals surface area contributed by atoms with Gasteiger partial charge in [0.1, 0.15) is 5.75 Å². The molecule has 88 valence electrons. The number of nitrogens with two attached hydrogens (primary N) is 1. The second-order valence-electron chi connectivity index (χ2n) is 4.48. The van der Waals surface area contributed by atoms with Gasteiger partial charge in [0.2, 0.25) is 0 Å². The minimum atomic E-state index is 0.205. The fraction of sp³-hybridized carbons (Fsp3) is 0.538. The predicted octanol–water partition coefficient (Wildman–Crippen LogP) is 2.39. The van der Waals surface area contributed by atoms with Crippen LogP contribution in [0.3, 0.4) is 0 Å². The summed E-state index contributed by atoms with van der Waals surface area (Å²) < 4.78 is 5.36. The van der Waals surface area contributed by atoms with Gasteiger partial charge in [0, 0.05) is 11.6 Å². The molecule has 16 heavy (non-hydrogen) atoms. The summed E-state index contributed by atoms with van der Waals surface area (Å²) in [4.78, 5) is 0. The van der Waals surface area contributed by atoms with Crippen LogP contribution in [0.15, 0.2) is 24.3 Å². The fourth-order valence-electron chi connectivity index (χ4n) is 2.09. The van der Waals surface area contributed by atoms with Crippen LogP contribution < -0.4 is 16.0 Å². The van der Waals surface area contributed by atoms with Gasteiger partial charge in [-0.2, -0.15) is 0 Å². The van der Waals surface area contributed by atoms with E-state index in [-0.39, 0.29) is 6.04 Å². The van der Waals surface area contributed by atoms with Crippen molar-refractivity contribution in [2.24, 2.45) is 11.8 Å². The van der Waals surface area contributed by atoms with Gasteiger partial charge >= 0.3 is 0 Å². The molecule has 3 N–H and O–H groups in total. The molecule has 0 bridgehead atoms. The lowest BCUT2D eigenvalue weighted by molar-refractivity contribution is 0.392. The van der Waals surface area contributed by atoms with Crippen molar-refractivity contribution in [2.45, 2.75) is 31.7 Å². The number of rotatable bonds is 6. The third-order valence-corrected chi connectivity index (χ3v) is 3.28. The molecular weight excluding hydrogens is 200 g/mol. The Hall–Kier alpha value is -1.06. The van der Waals surface area contributed by atoms with Crippen molar-refractivity contribution in [1.82, 2.24) is 5.43 Å². The third kappa shape index (κ3) is 2.74. The lowest BCUT2D eigenvalue weighted by Crippen LogP contribution is -2.28. The number of hydrogen-bond donors (Lipinski definition) is 2. The summed E-state index contributed by atoms with van der Waals surface area (Å²) in [6.45, 7) is 0. The van der Waals surface area contributed by atoms with Crippen molar-refractivity contribution in [3.63, 3.8) is 0 Å². The Morgan fingerprint density at radius 2 is 2.19 bits per heavy atom. The van der Waals surface area contributed by atoms with Crippen LogP contribution in [0, 0.1) is 5.92 Å². The molecule has 1 saturated carbocycles. The molecule has 1 unspecified atom stereocenters. The largest absolute Gasteiger partial charge is 0.496 e. The first-order chi connectivity index (χ1) is 7.85. The summed E-state index contributed by atoms with van der Waals surface area (Å²) in [5.41, 5.74) is 4.06. The van der Waals surface area contributed by atoms with Gasteiger partial charge < -0.3 is 4.74 Å². The quantitative estimate of drug-likeness (QED) is 0.571. The Kier molecular flexibility index (Phi) is 3.80. The minimum Gasteiger partial charge on any atom is -0.496 e. The highest BCUT2D eigenvalue weighted by Gasteiger charge is 2.23. The molecule has 1 fully saturated rings. The highest BCUT2D eigenvalue weighted by atomic mass is 16.5. The monoisotopic (exact) mass is 220 g/mol. The van der Waals surface area contributed by atoms with Gasteiger partial charge in [-0.05, 0) is 24.8 Å². The smallest absolute Gasteiger partial charge is 0.123 e. The zero-order chi connectivity index (χ0) is 11.4. The molecule has 0 saturated heterocycles. The number of benzene rings is 1. The van der Waals surface area contributed by atoms with E-state index < -0.39 is 0 Å². The summed E-state index contributed by atoms with van der Waals surface area (Å²) in [6.07, 6.45) is 5.13. The lowest BCUT2D eigenvalue weighted by atomic mass is 10.00. The Labute approximate surface area is 97.0 Å². The van der Waals surface area contributed by atoms with Crippen molar-refractivity contribution < 1.29 is 4.74 Å². The van der Waals surface area contributed by atoms with E-state index in [1.807, 2.05) is 18.2 Å². The van der Waals surface area contributed by atoms with Gasteiger partial charge in [-0.25, -0.2) is 0 Å². The average Bonchev–Trinajstić information content (AvgIpc) is 3.14. The molecule has 0 aromatic heterocycles. The predicted molar refractivity (Wildman–Crippen MR) is 65.0 cm³/mol. The fourth-order valence-corrected chi connectivity index (χ4v) is 2.09. The van der Waals surface area contributed by atoms with E-state index in [9.17, 15) is 0 Å². The van der Waals surface area contributed by atoms with Gasteiger partial charge in [-0.15, -0.1) is 0 Å². The number of hydrazine groups is 1. The first-order valence-corrected chi connectivity index (χ1v) is 5.94. The number of para-hydroxylation sites is 1. The van der Waals surface area contributed by atoms with E-state index in [2.05, 4.69) is 11.5 Å². The molecular formula is C13H20N2O. The van der Waals surface area contributed by atoms with Crippen LogP contribution in [0.2, 0.25) is 0 Å². The van der Waals surface area contributed by atoms with Gasteiger partial charge in [0.05, 0.1) is 7.11 Å². The number of hydrogen-bond acceptors (Lipinski definition) is 3. The molecule has 2 rings (SSSR count). The topological polar surface area (TPSA) is 47.3 Å². The maximum atomic E-state index is 5.63. The minimum absolute atomic E-state index is 0.205. The van der Waals surface area contributed by atoms with Gasteiger partial charge in [-0.1, -0.05) is 31.0 Å². The van der Waals surface area contributed by atoms with E-state index >= 15 is 0 Å². The van der Waals surface area contributed by atoms with Crippen LogP contribution >= 0.6 is 0 Å². The standard InChI is InChI=1S/C13H20N2O/c1-16-13-5-3-2-4-11(13)12(15-14)9-8-10-6-7-10/h2-5,10,12,15H,6-9,14H2,1H3. The maximum absolute atomic E-state index is 5.63. The second kappa shape index (κ2) is 5.32. The van der Waals surface area contributed by atoms with E-state index in [1.165, 1.54) is 19.3 Å². The van der Waals surface area contributed by atoms with Crippen molar-refractivity contribution >= 4 is 0 Å². The van der Waals surface area contributed by atoms with E-state index in [0.717, 1.165) is 23.7 Å². The molecule has 0 spiro atoms. The van der Waals surface area contributed by atoms with E-state index in [4.69, 9.17) is 10.6 Å². The zero-order valence-corrected chi connectivity index (χ0v) is 9.78. The summed E-state index contributed by atoms with van der Waals surface area (Å²) in [5.74, 6) is 7.48. The molecule has 3 heteroatoms.